The first kappa shape index (κ1) is 18.6. The zero-order valence-corrected chi connectivity index (χ0v) is 16.3. The highest BCUT2D eigenvalue weighted by molar-refractivity contribution is 5.78. The lowest BCUT2D eigenvalue weighted by atomic mass is 10.2. The van der Waals surface area contributed by atoms with E-state index in [-0.39, 0.29) is 11.7 Å². The van der Waals surface area contributed by atoms with Crippen molar-refractivity contribution in [3.8, 4) is 0 Å². The number of carbonyl (C=O) groups excluding carboxylic acids is 1. The van der Waals surface area contributed by atoms with E-state index in [0.717, 1.165) is 55.0 Å². The predicted octanol–water partition coefficient (Wildman–Crippen LogP) is 1.95. The molecule has 2 aromatic heterocycles. The second kappa shape index (κ2) is 7.71. The third-order valence-corrected chi connectivity index (χ3v) is 5.39. The van der Waals surface area contributed by atoms with E-state index in [1.54, 1.807) is 6.20 Å². The van der Waals surface area contributed by atoms with Crippen LogP contribution in [-0.2, 0) is 24.9 Å². The monoisotopic (exact) mass is 384 g/mol. The molecule has 7 nitrogen and oxygen atoms in total. The second-order valence-corrected chi connectivity index (χ2v) is 7.34. The zero-order chi connectivity index (χ0) is 19.7. The number of hydrogen-bond donors (Lipinski definition) is 0. The standard InChI is InChI=1S/C20H25FN6O/c1-15-20-18(24(2)23-15)13-22-27(20)8-7-19(28)26-11-9-25(10-12-26)14-16-3-5-17(21)6-4-16/h3-6,13H,7-12,14H2,1-2H3. The van der Waals surface area contributed by atoms with Crippen molar-refractivity contribution in [3.05, 3.63) is 47.5 Å². The topological polar surface area (TPSA) is 59.2 Å². The summed E-state index contributed by atoms with van der Waals surface area (Å²) in [5, 5.41) is 8.82. The SMILES string of the molecule is Cc1nn(C)c2cnn(CCC(=O)N3CCN(Cc4ccc(F)cc4)CC3)c12. The Morgan fingerprint density at radius 3 is 2.57 bits per heavy atom. The van der Waals surface area contributed by atoms with Gasteiger partial charge in [0.25, 0.3) is 0 Å². The van der Waals surface area contributed by atoms with E-state index in [1.807, 2.05) is 40.4 Å². The third kappa shape index (κ3) is 3.77. The van der Waals surface area contributed by atoms with Gasteiger partial charge in [0.15, 0.2) is 0 Å². The number of benzene rings is 1. The summed E-state index contributed by atoms with van der Waals surface area (Å²) in [4.78, 5) is 16.9. The minimum absolute atomic E-state index is 0.159. The number of carbonyl (C=O) groups is 1. The number of amides is 1. The molecule has 1 aromatic carbocycles. The van der Waals surface area contributed by atoms with Crippen molar-refractivity contribution in [1.82, 2.24) is 29.4 Å². The zero-order valence-electron chi connectivity index (χ0n) is 16.3. The van der Waals surface area contributed by atoms with Gasteiger partial charge in [0.2, 0.25) is 5.91 Å². The summed E-state index contributed by atoms with van der Waals surface area (Å²) in [5.41, 5.74) is 4.01. The summed E-state index contributed by atoms with van der Waals surface area (Å²) in [5.74, 6) is -0.0540. The highest BCUT2D eigenvalue weighted by Gasteiger charge is 2.21. The van der Waals surface area contributed by atoms with Crippen LogP contribution in [0.4, 0.5) is 4.39 Å². The minimum Gasteiger partial charge on any atom is -0.340 e. The maximum Gasteiger partial charge on any atom is 0.224 e. The van der Waals surface area contributed by atoms with Gasteiger partial charge in [-0.1, -0.05) is 12.1 Å². The van der Waals surface area contributed by atoms with Crippen LogP contribution in [0, 0.1) is 12.7 Å². The van der Waals surface area contributed by atoms with E-state index in [0.29, 0.717) is 13.0 Å². The number of fused-ring (bicyclic) bond motifs is 1. The molecule has 4 rings (SSSR count). The van der Waals surface area contributed by atoms with Gasteiger partial charge in [0, 0.05) is 46.2 Å². The average Bonchev–Trinajstić information content (AvgIpc) is 3.24. The highest BCUT2D eigenvalue weighted by atomic mass is 19.1. The summed E-state index contributed by atoms with van der Waals surface area (Å²) in [7, 11) is 1.90. The molecule has 28 heavy (non-hydrogen) atoms. The van der Waals surface area contributed by atoms with E-state index >= 15 is 0 Å². The molecule has 0 unspecified atom stereocenters. The van der Waals surface area contributed by atoms with Gasteiger partial charge in [-0.2, -0.15) is 10.2 Å². The Hall–Kier alpha value is -2.74. The Morgan fingerprint density at radius 2 is 1.86 bits per heavy atom. The van der Waals surface area contributed by atoms with Gasteiger partial charge in [-0.25, -0.2) is 4.39 Å². The molecule has 0 aliphatic carbocycles. The molecule has 3 heterocycles. The Morgan fingerprint density at radius 1 is 1.14 bits per heavy atom. The van der Waals surface area contributed by atoms with Crippen molar-refractivity contribution in [2.45, 2.75) is 26.4 Å². The lowest BCUT2D eigenvalue weighted by molar-refractivity contribution is -0.133. The van der Waals surface area contributed by atoms with E-state index in [9.17, 15) is 9.18 Å². The lowest BCUT2D eigenvalue weighted by Gasteiger charge is -2.34. The molecule has 8 heteroatoms. The third-order valence-electron chi connectivity index (χ3n) is 5.39. The summed E-state index contributed by atoms with van der Waals surface area (Å²) < 4.78 is 16.7. The van der Waals surface area contributed by atoms with E-state index < -0.39 is 0 Å². The highest BCUT2D eigenvalue weighted by Crippen LogP contribution is 2.17. The fourth-order valence-electron chi connectivity index (χ4n) is 3.84. The predicted molar refractivity (Wildman–Crippen MR) is 104 cm³/mol. The van der Waals surface area contributed by atoms with E-state index in [2.05, 4.69) is 15.1 Å². The van der Waals surface area contributed by atoms with Gasteiger partial charge in [-0.3, -0.25) is 19.1 Å². The van der Waals surface area contributed by atoms with E-state index in [4.69, 9.17) is 0 Å². The summed E-state index contributed by atoms with van der Waals surface area (Å²) in [6, 6.07) is 6.62. The molecule has 0 saturated carbocycles. The van der Waals surface area contributed by atoms with Crippen LogP contribution in [0.15, 0.2) is 30.5 Å². The maximum atomic E-state index is 13.0. The first-order chi connectivity index (χ1) is 13.5. The molecule has 0 bridgehead atoms. The van der Waals surface area contributed by atoms with Crippen molar-refractivity contribution in [3.63, 3.8) is 0 Å². The normalized spacial score (nSPS) is 15.5. The maximum absolute atomic E-state index is 13.0. The van der Waals surface area contributed by atoms with Crippen LogP contribution >= 0.6 is 0 Å². The van der Waals surface area contributed by atoms with Gasteiger partial charge in [0.1, 0.15) is 16.9 Å². The number of aromatic nitrogens is 4. The van der Waals surface area contributed by atoms with Gasteiger partial charge in [0.05, 0.1) is 18.4 Å². The smallest absolute Gasteiger partial charge is 0.224 e. The first-order valence-corrected chi connectivity index (χ1v) is 9.61. The second-order valence-electron chi connectivity index (χ2n) is 7.34. The van der Waals surface area contributed by atoms with Crippen LogP contribution < -0.4 is 0 Å². The van der Waals surface area contributed by atoms with Crippen LogP contribution in [0.3, 0.4) is 0 Å². The molecule has 1 aliphatic heterocycles. The largest absolute Gasteiger partial charge is 0.340 e. The molecule has 1 fully saturated rings. The van der Waals surface area contributed by atoms with Crippen molar-refractivity contribution in [1.29, 1.82) is 0 Å². The number of aryl methyl sites for hydroxylation is 3. The Bertz CT molecular complexity index is 969. The number of rotatable bonds is 5. The first-order valence-electron chi connectivity index (χ1n) is 9.61. The molecule has 0 spiro atoms. The average molecular weight is 384 g/mol. The van der Waals surface area contributed by atoms with Crippen LogP contribution in [0.25, 0.3) is 11.0 Å². The Balaban J connectivity index is 1.28. The molecular formula is C20H25FN6O. The number of hydrogen-bond acceptors (Lipinski definition) is 4. The quantitative estimate of drug-likeness (QED) is 0.675. The molecule has 148 valence electrons. The molecule has 1 aliphatic rings. The molecule has 0 atom stereocenters. The molecule has 0 N–H and O–H groups in total. The van der Waals surface area contributed by atoms with Crippen molar-refractivity contribution >= 4 is 16.9 Å². The Kier molecular flexibility index (Phi) is 5.13. The number of nitrogens with zero attached hydrogens (tertiary/aromatic N) is 6. The van der Waals surface area contributed by atoms with Gasteiger partial charge in [-0.05, 0) is 24.6 Å². The fourth-order valence-corrected chi connectivity index (χ4v) is 3.84. The fraction of sp³-hybridized carbons (Fsp3) is 0.450. The molecule has 1 saturated heterocycles. The van der Waals surface area contributed by atoms with Crippen molar-refractivity contribution < 1.29 is 9.18 Å². The van der Waals surface area contributed by atoms with Crippen LogP contribution in [0.5, 0.6) is 0 Å². The van der Waals surface area contributed by atoms with Gasteiger partial charge in [-0.15, -0.1) is 0 Å². The van der Waals surface area contributed by atoms with Crippen molar-refractivity contribution in [2.24, 2.45) is 7.05 Å². The summed E-state index contributed by atoms with van der Waals surface area (Å²) >= 11 is 0. The number of halogens is 1. The van der Waals surface area contributed by atoms with Crippen molar-refractivity contribution in [2.75, 3.05) is 26.2 Å². The lowest BCUT2D eigenvalue weighted by Crippen LogP contribution is -2.48. The van der Waals surface area contributed by atoms with Crippen LogP contribution in [0.1, 0.15) is 17.7 Å². The Labute approximate surface area is 163 Å². The molecular weight excluding hydrogens is 359 g/mol. The summed E-state index contributed by atoms with van der Waals surface area (Å²) in [6.07, 6.45) is 2.23. The molecule has 3 aromatic rings. The van der Waals surface area contributed by atoms with E-state index in [1.165, 1.54) is 12.1 Å². The number of piperazine rings is 1. The van der Waals surface area contributed by atoms with Gasteiger partial charge >= 0.3 is 0 Å². The molecule has 0 radical (unpaired) electrons. The van der Waals surface area contributed by atoms with Crippen LogP contribution in [0.2, 0.25) is 0 Å². The van der Waals surface area contributed by atoms with Gasteiger partial charge < -0.3 is 4.90 Å². The molecule has 1 amide bonds. The summed E-state index contributed by atoms with van der Waals surface area (Å²) in [6.45, 7) is 6.41. The van der Waals surface area contributed by atoms with Crippen LogP contribution in [-0.4, -0.2) is 61.4 Å². The minimum atomic E-state index is -0.213.